The predicted octanol–water partition coefficient (Wildman–Crippen LogP) is 7.00. The molecule has 0 aliphatic heterocycles. The lowest BCUT2D eigenvalue weighted by atomic mass is 10.2. The van der Waals surface area contributed by atoms with Gasteiger partial charge in [0.15, 0.2) is 5.82 Å². The number of aryl methyl sites for hydroxylation is 1. The summed E-state index contributed by atoms with van der Waals surface area (Å²) in [4.78, 5) is 13.4. The minimum atomic E-state index is 0.265. The minimum absolute atomic E-state index is 0.265. The van der Waals surface area contributed by atoms with E-state index >= 15 is 0 Å². The van der Waals surface area contributed by atoms with Crippen LogP contribution in [0.15, 0.2) is 71.8 Å². The molecule has 0 saturated carbocycles. The van der Waals surface area contributed by atoms with Crippen LogP contribution in [0.5, 0.6) is 0 Å². The minimum Gasteiger partial charge on any atom is -0.324 e. The topological polar surface area (TPSA) is 75.1 Å². The van der Waals surface area contributed by atoms with Crippen LogP contribution in [0.3, 0.4) is 0 Å². The van der Waals surface area contributed by atoms with E-state index < -0.39 is 0 Å². The maximum Gasteiger partial charge on any atom is 0.248 e. The van der Waals surface area contributed by atoms with E-state index in [-0.39, 0.29) is 5.95 Å². The molecule has 0 bridgehead atoms. The molecule has 1 heterocycles. The first-order chi connectivity index (χ1) is 15.5. The van der Waals surface area contributed by atoms with E-state index in [1.807, 2.05) is 43.3 Å². The van der Waals surface area contributed by atoms with Crippen molar-refractivity contribution in [1.82, 2.24) is 15.0 Å². The molecule has 0 aliphatic rings. The Balaban J connectivity index is 1.65. The largest absolute Gasteiger partial charge is 0.324 e. The summed E-state index contributed by atoms with van der Waals surface area (Å²) in [6.45, 7) is 2.03. The summed E-state index contributed by atoms with van der Waals surface area (Å²) in [5.74, 6) is 1.00. The molecule has 0 spiro atoms. The molecule has 9 heteroatoms. The molecule has 6 nitrogen and oxygen atoms in total. The third kappa shape index (κ3) is 5.73. The van der Waals surface area contributed by atoms with Crippen LogP contribution >= 0.6 is 34.8 Å². The normalized spacial score (nSPS) is 11.0. The van der Waals surface area contributed by atoms with Crippen LogP contribution in [0.4, 0.5) is 17.6 Å². The second-order valence-electron chi connectivity index (χ2n) is 6.85. The number of benzene rings is 3. The van der Waals surface area contributed by atoms with Crippen LogP contribution < -0.4 is 10.7 Å². The van der Waals surface area contributed by atoms with Gasteiger partial charge in [0.1, 0.15) is 0 Å². The number of hydrogen-bond donors (Lipinski definition) is 2. The number of nitrogens with zero attached hydrogens (tertiary/aromatic N) is 4. The van der Waals surface area contributed by atoms with Gasteiger partial charge in [0.2, 0.25) is 11.9 Å². The van der Waals surface area contributed by atoms with Crippen LogP contribution in [-0.4, -0.2) is 21.2 Å². The summed E-state index contributed by atoms with van der Waals surface area (Å²) < 4.78 is 0. The van der Waals surface area contributed by atoms with Gasteiger partial charge in [-0.1, -0.05) is 64.6 Å². The van der Waals surface area contributed by atoms with Crippen LogP contribution in [-0.2, 0) is 0 Å². The molecule has 0 radical (unpaired) electrons. The zero-order valence-electron chi connectivity index (χ0n) is 16.9. The van der Waals surface area contributed by atoms with Crippen molar-refractivity contribution in [2.24, 2.45) is 5.10 Å². The first-order valence-electron chi connectivity index (χ1n) is 9.56. The number of nitrogens with one attached hydrogen (secondary N) is 2. The Morgan fingerprint density at radius 2 is 1.50 bits per heavy atom. The molecule has 4 aromatic rings. The smallest absolute Gasteiger partial charge is 0.248 e. The fraction of sp³-hybridized carbons (Fsp3) is 0.0435. The van der Waals surface area contributed by atoms with Gasteiger partial charge >= 0.3 is 0 Å². The van der Waals surface area contributed by atoms with Gasteiger partial charge in [-0.3, -0.25) is 0 Å². The first-order valence-corrected chi connectivity index (χ1v) is 10.7. The molecular formula is C23H17Cl3N6. The molecule has 2 N–H and O–H groups in total. The zero-order valence-corrected chi connectivity index (χ0v) is 19.1. The molecule has 1 aromatic heterocycles. The molecule has 0 fully saturated rings. The fourth-order valence-electron chi connectivity index (χ4n) is 2.73. The SMILES string of the molecule is Cc1ccc(C=NNc2nc(Nc3ccc(Cl)cc3)nc(-c3ccc(Cl)c(Cl)c3)n2)cc1. The highest BCUT2D eigenvalue weighted by Gasteiger charge is 2.11. The van der Waals surface area contributed by atoms with Crippen LogP contribution in [0.1, 0.15) is 11.1 Å². The lowest BCUT2D eigenvalue weighted by Crippen LogP contribution is -2.05. The standard InChI is InChI=1S/C23H17Cl3N6/c1-14-2-4-15(5-3-14)13-27-32-23-30-21(16-6-11-19(25)20(26)12-16)29-22(31-23)28-18-9-7-17(24)8-10-18/h2-13H,1H3,(H2,28,29,30,31,32). The van der Waals surface area contributed by atoms with Crippen LogP contribution in [0, 0.1) is 6.92 Å². The predicted molar refractivity (Wildman–Crippen MR) is 132 cm³/mol. The Hall–Kier alpha value is -3.19. The number of rotatable bonds is 6. The number of aromatic nitrogens is 3. The third-order valence-corrected chi connectivity index (χ3v) is 5.36. The molecule has 0 unspecified atom stereocenters. The Morgan fingerprint density at radius 1 is 0.781 bits per heavy atom. The summed E-state index contributed by atoms with van der Waals surface area (Å²) in [6, 6.07) is 20.4. The highest BCUT2D eigenvalue weighted by atomic mass is 35.5. The van der Waals surface area contributed by atoms with Gasteiger partial charge in [-0.05, 0) is 55.0 Å². The van der Waals surface area contributed by atoms with E-state index in [4.69, 9.17) is 34.8 Å². The van der Waals surface area contributed by atoms with E-state index in [1.54, 1.807) is 36.5 Å². The van der Waals surface area contributed by atoms with Crippen molar-refractivity contribution in [2.75, 3.05) is 10.7 Å². The Labute approximate surface area is 200 Å². The molecular weight excluding hydrogens is 467 g/mol. The van der Waals surface area contributed by atoms with Crippen LogP contribution in [0.2, 0.25) is 15.1 Å². The molecule has 0 atom stereocenters. The second kappa shape index (κ2) is 9.96. The van der Waals surface area contributed by atoms with Gasteiger partial charge in [-0.25, -0.2) is 5.43 Å². The van der Waals surface area contributed by atoms with E-state index in [2.05, 4.69) is 30.8 Å². The Morgan fingerprint density at radius 3 is 2.22 bits per heavy atom. The van der Waals surface area contributed by atoms with E-state index in [0.29, 0.717) is 32.4 Å². The lowest BCUT2D eigenvalue weighted by molar-refractivity contribution is 1.04. The van der Waals surface area contributed by atoms with Crippen molar-refractivity contribution in [1.29, 1.82) is 0 Å². The zero-order chi connectivity index (χ0) is 22.5. The second-order valence-corrected chi connectivity index (χ2v) is 8.10. The van der Waals surface area contributed by atoms with Gasteiger partial charge in [0.05, 0.1) is 16.3 Å². The van der Waals surface area contributed by atoms with Crippen molar-refractivity contribution < 1.29 is 0 Å². The molecule has 32 heavy (non-hydrogen) atoms. The van der Waals surface area contributed by atoms with Gasteiger partial charge in [0, 0.05) is 16.3 Å². The van der Waals surface area contributed by atoms with Crippen LogP contribution in [0.25, 0.3) is 11.4 Å². The Kier molecular flexibility index (Phi) is 6.85. The third-order valence-electron chi connectivity index (χ3n) is 4.37. The van der Waals surface area contributed by atoms with Crippen molar-refractivity contribution >= 4 is 58.6 Å². The number of anilines is 3. The van der Waals surface area contributed by atoms with Gasteiger partial charge < -0.3 is 5.32 Å². The van der Waals surface area contributed by atoms with E-state index in [0.717, 1.165) is 11.3 Å². The molecule has 3 aromatic carbocycles. The number of hydrazone groups is 1. The maximum atomic E-state index is 6.18. The average Bonchev–Trinajstić information content (AvgIpc) is 2.78. The fourth-order valence-corrected chi connectivity index (χ4v) is 3.15. The summed E-state index contributed by atoms with van der Waals surface area (Å²) >= 11 is 18.2. The lowest BCUT2D eigenvalue weighted by Gasteiger charge is -2.09. The maximum absolute atomic E-state index is 6.18. The molecule has 160 valence electrons. The number of hydrogen-bond acceptors (Lipinski definition) is 6. The van der Waals surface area contributed by atoms with Crippen molar-refractivity contribution in [3.63, 3.8) is 0 Å². The van der Waals surface area contributed by atoms with Crippen molar-refractivity contribution in [3.05, 3.63) is 92.9 Å². The molecule has 0 aliphatic carbocycles. The highest BCUT2D eigenvalue weighted by Crippen LogP contribution is 2.28. The quantitative estimate of drug-likeness (QED) is 0.228. The van der Waals surface area contributed by atoms with Gasteiger partial charge in [0.25, 0.3) is 0 Å². The summed E-state index contributed by atoms with van der Waals surface area (Å²) in [5.41, 5.74) is 6.45. The van der Waals surface area contributed by atoms with E-state index in [9.17, 15) is 0 Å². The van der Waals surface area contributed by atoms with E-state index in [1.165, 1.54) is 5.56 Å². The van der Waals surface area contributed by atoms with Gasteiger partial charge in [-0.2, -0.15) is 20.1 Å². The summed E-state index contributed by atoms with van der Waals surface area (Å²) in [6.07, 6.45) is 1.69. The molecule has 4 rings (SSSR count). The first kappa shape index (κ1) is 22.0. The molecule has 0 saturated heterocycles. The van der Waals surface area contributed by atoms with Gasteiger partial charge in [-0.15, -0.1) is 0 Å². The summed E-state index contributed by atoms with van der Waals surface area (Å²) in [7, 11) is 0. The highest BCUT2D eigenvalue weighted by molar-refractivity contribution is 6.42. The number of halogens is 3. The Bertz CT molecular complexity index is 1260. The monoisotopic (exact) mass is 482 g/mol. The average molecular weight is 484 g/mol. The van der Waals surface area contributed by atoms with Crippen molar-refractivity contribution in [3.8, 4) is 11.4 Å². The molecule has 0 amide bonds. The van der Waals surface area contributed by atoms with Crippen molar-refractivity contribution in [2.45, 2.75) is 6.92 Å². The summed E-state index contributed by atoms with van der Waals surface area (Å²) in [5, 5.41) is 8.89.